The highest BCUT2D eigenvalue weighted by molar-refractivity contribution is 6.62. The maximum atomic E-state index is 14.2. The Balaban J connectivity index is 1.88. The van der Waals surface area contributed by atoms with E-state index >= 15 is 0 Å². The first-order chi connectivity index (χ1) is 11.1. The summed E-state index contributed by atoms with van der Waals surface area (Å²) in [6.45, 7) is 13.6. The van der Waals surface area contributed by atoms with E-state index in [2.05, 4.69) is 4.90 Å². The number of rotatable bonds is 2. The number of hydrogen-bond acceptors (Lipinski definition) is 4. The number of morpholine rings is 1. The third-order valence-corrected chi connectivity index (χ3v) is 5.22. The largest absolute Gasteiger partial charge is 0.495 e. The van der Waals surface area contributed by atoms with Gasteiger partial charge in [-0.3, -0.25) is 0 Å². The molecule has 0 saturated carbocycles. The summed E-state index contributed by atoms with van der Waals surface area (Å²) in [4.78, 5) is 2.16. The van der Waals surface area contributed by atoms with Crippen LogP contribution < -0.4 is 10.4 Å². The molecular weight excluding hydrogens is 308 g/mol. The molecule has 0 aromatic heterocycles. The standard InChI is InChI=1S/C18H27BFNO3/c1-12-10-21(11-13(2)22-12)16-8-14(7-15(20)9-16)19-23-17(3,4)18(5,6)24-19/h7-9,12-13H,10-11H2,1-6H3/t12-,13+. The van der Waals surface area contributed by atoms with Gasteiger partial charge >= 0.3 is 7.12 Å². The first-order valence-corrected chi connectivity index (χ1v) is 8.64. The van der Waals surface area contributed by atoms with E-state index in [-0.39, 0.29) is 18.0 Å². The summed E-state index contributed by atoms with van der Waals surface area (Å²) in [5.74, 6) is -0.274. The van der Waals surface area contributed by atoms with Gasteiger partial charge < -0.3 is 18.9 Å². The van der Waals surface area contributed by atoms with E-state index < -0.39 is 18.3 Å². The summed E-state index contributed by atoms with van der Waals surface area (Å²) in [5, 5.41) is 0. The number of ether oxygens (including phenoxy) is 1. The van der Waals surface area contributed by atoms with Crippen molar-refractivity contribution in [3.8, 4) is 0 Å². The van der Waals surface area contributed by atoms with Crippen LogP contribution in [0, 0.1) is 5.82 Å². The summed E-state index contributed by atoms with van der Waals surface area (Å²) < 4.78 is 32.1. The van der Waals surface area contributed by atoms with Crippen LogP contribution in [0.3, 0.4) is 0 Å². The summed E-state index contributed by atoms with van der Waals surface area (Å²) >= 11 is 0. The van der Waals surface area contributed by atoms with Gasteiger partial charge in [0.2, 0.25) is 0 Å². The Morgan fingerprint density at radius 3 is 2.08 bits per heavy atom. The van der Waals surface area contributed by atoms with Crippen molar-refractivity contribution < 1.29 is 18.4 Å². The molecule has 132 valence electrons. The zero-order valence-corrected chi connectivity index (χ0v) is 15.4. The predicted octanol–water partition coefficient (Wildman–Crippen LogP) is 2.74. The van der Waals surface area contributed by atoms with Crippen molar-refractivity contribution in [2.24, 2.45) is 0 Å². The molecule has 0 radical (unpaired) electrons. The maximum absolute atomic E-state index is 14.2. The minimum absolute atomic E-state index is 0.123. The second-order valence-electron chi connectivity index (χ2n) is 7.99. The van der Waals surface area contributed by atoms with Gasteiger partial charge in [-0.1, -0.05) is 0 Å². The van der Waals surface area contributed by atoms with Crippen molar-refractivity contribution in [3.05, 3.63) is 24.0 Å². The van der Waals surface area contributed by atoms with Crippen LogP contribution in [0.4, 0.5) is 10.1 Å². The predicted molar refractivity (Wildman–Crippen MR) is 94.3 cm³/mol. The van der Waals surface area contributed by atoms with E-state index in [0.717, 1.165) is 24.2 Å². The van der Waals surface area contributed by atoms with Gasteiger partial charge in [0.25, 0.3) is 0 Å². The molecule has 0 unspecified atom stereocenters. The summed E-state index contributed by atoms with van der Waals surface area (Å²) in [6.07, 6.45) is 0.245. The Labute approximate surface area is 144 Å². The highest BCUT2D eigenvalue weighted by Gasteiger charge is 2.51. The van der Waals surface area contributed by atoms with E-state index in [4.69, 9.17) is 14.0 Å². The first-order valence-electron chi connectivity index (χ1n) is 8.64. The normalized spacial score (nSPS) is 29.1. The molecule has 1 aromatic carbocycles. The molecule has 0 bridgehead atoms. The van der Waals surface area contributed by atoms with Crippen molar-refractivity contribution in [2.75, 3.05) is 18.0 Å². The van der Waals surface area contributed by atoms with Crippen molar-refractivity contribution in [1.29, 1.82) is 0 Å². The Morgan fingerprint density at radius 1 is 1.00 bits per heavy atom. The molecule has 3 rings (SSSR count). The Morgan fingerprint density at radius 2 is 1.54 bits per heavy atom. The number of anilines is 1. The molecule has 0 spiro atoms. The van der Waals surface area contributed by atoms with Crippen LogP contribution in [0.25, 0.3) is 0 Å². The van der Waals surface area contributed by atoms with Gasteiger partial charge in [0.05, 0.1) is 23.4 Å². The monoisotopic (exact) mass is 335 g/mol. The quantitative estimate of drug-likeness (QED) is 0.778. The SMILES string of the molecule is C[C@@H]1CN(c2cc(F)cc(B3OC(C)(C)C(C)(C)O3)c2)C[C@H](C)O1. The van der Waals surface area contributed by atoms with Gasteiger partial charge in [-0.25, -0.2) is 4.39 Å². The van der Waals surface area contributed by atoms with E-state index in [1.807, 2.05) is 47.6 Å². The molecule has 4 nitrogen and oxygen atoms in total. The molecule has 2 aliphatic rings. The van der Waals surface area contributed by atoms with Gasteiger partial charge in [-0.05, 0) is 65.2 Å². The zero-order valence-electron chi connectivity index (χ0n) is 15.4. The van der Waals surface area contributed by atoms with Crippen molar-refractivity contribution in [1.82, 2.24) is 0 Å². The Bertz CT molecular complexity index is 596. The van der Waals surface area contributed by atoms with Crippen LogP contribution in [0.5, 0.6) is 0 Å². The van der Waals surface area contributed by atoms with E-state index in [0.29, 0.717) is 0 Å². The molecule has 0 amide bonds. The van der Waals surface area contributed by atoms with Gasteiger partial charge in [0, 0.05) is 18.8 Å². The van der Waals surface area contributed by atoms with Crippen LogP contribution in [0.15, 0.2) is 18.2 Å². The molecule has 2 atom stereocenters. The molecule has 6 heteroatoms. The minimum atomic E-state index is -0.555. The molecule has 2 heterocycles. The number of nitrogens with zero attached hydrogens (tertiary/aromatic N) is 1. The molecule has 0 N–H and O–H groups in total. The minimum Gasteiger partial charge on any atom is -0.399 e. The number of hydrogen-bond donors (Lipinski definition) is 0. The van der Waals surface area contributed by atoms with Crippen LogP contribution in [0.1, 0.15) is 41.5 Å². The third kappa shape index (κ3) is 3.32. The van der Waals surface area contributed by atoms with Crippen LogP contribution in [0.2, 0.25) is 0 Å². The first kappa shape index (κ1) is 17.7. The lowest BCUT2D eigenvalue weighted by Gasteiger charge is -2.37. The average Bonchev–Trinajstić information content (AvgIpc) is 2.66. The number of benzene rings is 1. The summed E-state index contributed by atoms with van der Waals surface area (Å²) in [5.41, 5.74) is 0.690. The van der Waals surface area contributed by atoms with Crippen LogP contribution in [-0.2, 0) is 14.0 Å². The smallest absolute Gasteiger partial charge is 0.399 e. The average molecular weight is 335 g/mol. The molecular formula is C18H27BFNO3. The lowest BCUT2D eigenvalue weighted by Crippen LogP contribution is -2.46. The van der Waals surface area contributed by atoms with Gasteiger partial charge in [0.1, 0.15) is 5.82 Å². The molecule has 1 aromatic rings. The van der Waals surface area contributed by atoms with Crippen molar-refractivity contribution in [2.45, 2.75) is 65.0 Å². The van der Waals surface area contributed by atoms with Crippen molar-refractivity contribution in [3.63, 3.8) is 0 Å². The summed E-state index contributed by atoms with van der Waals surface area (Å²) in [7, 11) is -0.555. The van der Waals surface area contributed by atoms with E-state index in [9.17, 15) is 4.39 Å². The maximum Gasteiger partial charge on any atom is 0.495 e. The second-order valence-corrected chi connectivity index (χ2v) is 7.99. The number of halogens is 1. The molecule has 2 aliphatic heterocycles. The second kappa shape index (κ2) is 6.01. The fourth-order valence-electron chi connectivity index (χ4n) is 3.28. The van der Waals surface area contributed by atoms with Crippen LogP contribution in [-0.4, -0.2) is 43.6 Å². The highest BCUT2D eigenvalue weighted by atomic mass is 19.1. The van der Waals surface area contributed by atoms with E-state index in [1.54, 1.807) is 6.07 Å². The lowest BCUT2D eigenvalue weighted by molar-refractivity contribution is -0.00523. The molecule has 2 fully saturated rings. The lowest BCUT2D eigenvalue weighted by atomic mass is 9.78. The van der Waals surface area contributed by atoms with Crippen LogP contribution >= 0.6 is 0 Å². The third-order valence-electron chi connectivity index (χ3n) is 5.22. The fraction of sp³-hybridized carbons (Fsp3) is 0.667. The molecule has 24 heavy (non-hydrogen) atoms. The fourth-order valence-corrected chi connectivity index (χ4v) is 3.28. The molecule has 0 aliphatic carbocycles. The highest BCUT2D eigenvalue weighted by Crippen LogP contribution is 2.36. The van der Waals surface area contributed by atoms with Gasteiger partial charge in [-0.15, -0.1) is 0 Å². The zero-order chi connectivity index (χ0) is 17.7. The van der Waals surface area contributed by atoms with E-state index in [1.165, 1.54) is 6.07 Å². The van der Waals surface area contributed by atoms with Crippen molar-refractivity contribution >= 4 is 18.3 Å². The topological polar surface area (TPSA) is 30.9 Å². The Hall–Kier alpha value is -1.11. The Kier molecular flexibility index (Phi) is 4.43. The molecule has 2 saturated heterocycles. The van der Waals surface area contributed by atoms with Gasteiger partial charge in [0.15, 0.2) is 0 Å². The van der Waals surface area contributed by atoms with Gasteiger partial charge in [-0.2, -0.15) is 0 Å². The summed E-state index contributed by atoms with van der Waals surface area (Å²) in [6, 6.07) is 5.04.